The van der Waals surface area contributed by atoms with Crippen LogP contribution in [-0.2, 0) is 10.0 Å². The van der Waals surface area contributed by atoms with Gasteiger partial charge in [0.15, 0.2) is 5.88 Å². The number of sulfonamides is 1. The van der Waals surface area contributed by atoms with Crippen molar-refractivity contribution in [3.05, 3.63) is 41.1 Å². The van der Waals surface area contributed by atoms with Crippen molar-refractivity contribution in [1.29, 1.82) is 0 Å². The number of carboxylic acid groups (broad SMARTS) is 1. The summed E-state index contributed by atoms with van der Waals surface area (Å²) in [5.41, 5.74) is -0.209. The van der Waals surface area contributed by atoms with Crippen LogP contribution in [0.4, 0.5) is 11.6 Å². The summed E-state index contributed by atoms with van der Waals surface area (Å²) in [5.74, 6) is -1.05. The number of primary sulfonamides is 1. The minimum absolute atomic E-state index is 0.0878. The second-order valence-corrected chi connectivity index (χ2v) is 5.72. The van der Waals surface area contributed by atoms with Crippen LogP contribution in [0.15, 0.2) is 39.8 Å². The van der Waals surface area contributed by atoms with Crippen molar-refractivity contribution in [3.8, 4) is 0 Å². The van der Waals surface area contributed by atoms with Gasteiger partial charge in [-0.15, -0.1) is 0 Å². The van der Waals surface area contributed by atoms with Crippen molar-refractivity contribution in [2.24, 2.45) is 5.14 Å². The van der Waals surface area contributed by atoms with Crippen LogP contribution in [0.5, 0.6) is 0 Å². The zero-order chi connectivity index (χ0) is 14.9. The van der Waals surface area contributed by atoms with E-state index in [0.29, 0.717) is 0 Å². The van der Waals surface area contributed by atoms with Gasteiger partial charge in [0, 0.05) is 6.07 Å². The Morgan fingerprint density at radius 3 is 2.60 bits per heavy atom. The number of carboxylic acids is 1. The lowest BCUT2D eigenvalue weighted by Gasteiger charge is -2.10. The number of furan rings is 1. The Kier molecular flexibility index (Phi) is 3.71. The van der Waals surface area contributed by atoms with E-state index in [2.05, 4.69) is 5.32 Å². The number of anilines is 2. The van der Waals surface area contributed by atoms with E-state index in [1.807, 2.05) is 0 Å². The molecular formula is C11H9ClN2O5S. The Morgan fingerprint density at radius 1 is 1.40 bits per heavy atom. The molecule has 2 rings (SSSR count). The molecule has 4 N–H and O–H groups in total. The maximum atomic E-state index is 11.3. The van der Waals surface area contributed by atoms with Crippen molar-refractivity contribution in [2.45, 2.75) is 4.90 Å². The van der Waals surface area contributed by atoms with Gasteiger partial charge in [-0.2, -0.15) is 0 Å². The molecule has 106 valence electrons. The summed E-state index contributed by atoms with van der Waals surface area (Å²) in [6, 6.07) is 5.22. The summed E-state index contributed by atoms with van der Waals surface area (Å²) in [5, 5.41) is 16.6. The monoisotopic (exact) mass is 316 g/mol. The highest BCUT2D eigenvalue weighted by Crippen LogP contribution is 2.30. The van der Waals surface area contributed by atoms with Crippen LogP contribution in [0.3, 0.4) is 0 Å². The van der Waals surface area contributed by atoms with Crippen molar-refractivity contribution in [2.75, 3.05) is 5.32 Å². The summed E-state index contributed by atoms with van der Waals surface area (Å²) >= 11 is 5.81. The number of hydrogen-bond acceptors (Lipinski definition) is 5. The number of halogens is 1. The fraction of sp³-hybridized carbons (Fsp3) is 0. The zero-order valence-corrected chi connectivity index (χ0v) is 11.4. The molecule has 1 aromatic carbocycles. The van der Waals surface area contributed by atoms with E-state index in [1.165, 1.54) is 6.26 Å². The maximum absolute atomic E-state index is 11.3. The number of carbonyl (C=O) groups is 1. The molecule has 0 amide bonds. The fourth-order valence-corrected chi connectivity index (χ4v) is 2.63. The smallest absolute Gasteiger partial charge is 0.337 e. The largest absolute Gasteiger partial charge is 0.478 e. The Hall–Kier alpha value is -2.03. The number of rotatable bonds is 4. The number of hydrogen-bond donors (Lipinski definition) is 3. The van der Waals surface area contributed by atoms with Crippen molar-refractivity contribution >= 4 is 39.2 Å². The molecule has 0 unspecified atom stereocenters. The summed E-state index contributed by atoms with van der Waals surface area (Å²) in [6.45, 7) is 0. The lowest BCUT2D eigenvalue weighted by atomic mass is 10.2. The molecular weight excluding hydrogens is 308 g/mol. The Balaban J connectivity index is 2.57. The molecule has 0 aliphatic carbocycles. The maximum Gasteiger partial charge on any atom is 0.337 e. The first-order chi connectivity index (χ1) is 9.29. The summed E-state index contributed by atoms with van der Waals surface area (Å²) < 4.78 is 27.7. The minimum atomic E-state index is -4.11. The second-order valence-electron chi connectivity index (χ2n) is 3.78. The quantitative estimate of drug-likeness (QED) is 0.793. The second kappa shape index (κ2) is 5.16. The van der Waals surface area contributed by atoms with Gasteiger partial charge in [-0.3, -0.25) is 0 Å². The van der Waals surface area contributed by atoms with Crippen molar-refractivity contribution in [3.63, 3.8) is 0 Å². The molecule has 0 aliphatic rings. The average molecular weight is 317 g/mol. The predicted molar refractivity (Wildman–Crippen MR) is 71.8 cm³/mol. The van der Waals surface area contributed by atoms with Gasteiger partial charge in [0.1, 0.15) is 4.90 Å². The normalized spacial score (nSPS) is 11.3. The number of nitrogens with two attached hydrogens (primary N) is 1. The molecule has 1 heterocycles. The van der Waals surface area contributed by atoms with E-state index in [1.54, 1.807) is 12.1 Å². The lowest BCUT2D eigenvalue weighted by molar-refractivity contribution is 0.0697. The van der Waals surface area contributed by atoms with E-state index >= 15 is 0 Å². The third-order valence-corrected chi connectivity index (χ3v) is 3.76. The highest BCUT2D eigenvalue weighted by Gasteiger charge is 2.20. The lowest BCUT2D eigenvalue weighted by Crippen LogP contribution is -2.14. The van der Waals surface area contributed by atoms with Gasteiger partial charge in [-0.05, 0) is 18.2 Å². The first-order valence-electron chi connectivity index (χ1n) is 5.19. The summed E-state index contributed by atoms with van der Waals surface area (Å²) in [4.78, 5) is 10.7. The van der Waals surface area contributed by atoms with Crippen molar-refractivity contribution < 1.29 is 22.7 Å². The first-order valence-corrected chi connectivity index (χ1v) is 7.11. The van der Waals surface area contributed by atoms with Crippen molar-refractivity contribution in [1.82, 2.24) is 0 Å². The summed E-state index contributed by atoms with van der Waals surface area (Å²) in [6.07, 6.45) is 1.39. The molecule has 7 nitrogen and oxygen atoms in total. The van der Waals surface area contributed by atoms with Gasteiger partial charge >= 0.3 is 5.97 Å². The molecule has 0 saturated carbocycles. The van der Waals surface area contributed by atoms with E-state index in [-0.39, 0.29) is 22.2 Å². The minimum Gasteiger partial charge on any atom is -0.478 e. The van der Waals surface area contributed by atoms with Gasteiger partial charge in [0.25, 0.3) is 0 Å². The Morgan fingerprint density at radius 2 is 2.10 bits per heavy atom. The fourth-order valence-electron chi connectivity index (χ4n) is 1.53. The average Bonchev–Trinajstić information content (AvgIpc) is 2.79. The van der Waals surface area contributed by atoms with Crippen LogP contribution in [0, 0.1) is 0 Å². The van der Waals surface area contributed by atoms with Gasteiger partial charge in [0.2, 0.25) is 10.0 Å². The number of nitrogens with one attached hydrogen (secondary N) is 1. The number of benzene rings is 1. The molecule has 9 heteroatoms. The van der Waals surface area contributed by atoms with Crippen LogP contribution in [0.2, 0.25) is 5.02 Å². The molecule has 0 atom stereocenters. The Bertz CT molecular complexity index is 755. The molecule has 0 spiro atoms. The van der Waals surface area contributed by atoms with Crippen LogP contribution in [0.1, 0.15) is 10.4 Å². The van der Waals surface area contributed by atoms with Crippen LogP contribution < -0.4 is 10.5 Å². The molecule has 0 aliphatic heterocycles. The first kappa shape index (κ1) is 14.4. The van der Waals surface area contributed by atoms with Gasteiger partial charge in [-0.1, -0.05) is 11.6 Å². The van der Waals surface area contributed by atoms with E-state index in [4.69, 9.17) is 26.3 Å². The Labute approximate surface area is 119 Å². The third kappa shape index (κ3) is 2.93. The van der Waals surface area contributed by atoms with Gasteiger partial charge < -0.3 is 14.8 Å². The van der Waals surface area contributed by atoms with E-state index in [9.17, 15) is 13.2 Å². The summed E-state index contributed by atoms with van der Waals surface area (Å²) in [7, 11) is -4.11. The molecule has 0 fully saturated rings. The molecule has 0 radical (unpaired) electrons. The highest BCUT2D eigenvalue weighted by atomic mass is 35.5. The van der Waals surface area contributed by atoms with Crippen LogP contribution in [0.25, 0.3) is 0 Å². The molecule has 0 saturated heterocycles. The SMILES string of the molecule is NS(=O)(=O)c1cc(C(=O)O)c(Nc2ccco2)cc1Cl. The zero-order valence-electron chi connectivity index (χ0n) is 9.83. The van der Waals surface area contributed by atoms with Gasteiger partial charge in [-0.25, -0.2) is 18.4 Å². The topological polar surface area (TPSA) is 123 Å². The predicted octanol–water partition coefficient (Wildman–Crippen LogP) is 2.02. The molecule has 2 aromatic rings. The standard InChI is InChI=1S/C11H9ClN2O5S/c12-7-5-8(14-10-2-1-3-19-10)6(11(15)16)4-9(7)20(13,17)18/h1-5,14H,(H,15,16)(H2,13,17,18). The highest BCUT2D eigenvalue weighted by molar-refractivity contribution is 7.89. The van der Waals surface area contributed by atoms with Gasteiger partial charge in [0.05, 0.1) is 22.5 Å². The van der Waals surface area contributed by atoms with E-state index in [0.717, 1.165) is 12.1 Å². The number of aromatic carboxylic acids is 1. The van der Waals surface area contributed by atoms with Crippen LogP contribution in [-0.4, -0.2) is 19.5 Å². The molecule has 1 aromatic heterocycles. The molecule has 0 bridgehead atoms. The molecule has 20 heavy (non-hydrogen) atoms. The van der Waals surface area contributed by atoms with E-state index < -0.39 is 20.9 Å². The third-order valence-electron chi connectivity index (χ3n) is 2.39. The van der Waals surface area contributed by atoms with Crippen LogP contribution >= 0.6 is 11.6 Å².